The molecule has 0 spiro atoms. The van der Waals surface area contributed by atoms with E-state index in [9.17, 15) is 25.1 Å². The van der Waals surface area contributed by atoms with E-state index in [-0.39, 0.29) is 55.1 Å². The van der Waals surface area contributed by atoms with E-state index in [4.69, 9.17) is 24.2 Å². The smallest absolute Gasteiger partial charge is 0.412 e. The van der Waals surface area contributed by atoms with Crippen LogP contribution in [0.4, 0.5) is 10.5 Å². The van der Waals surface area contributed by atoms with Crippen LogP contribution in [-0.2, 0) is 16.2 Å². The maximum Gasteiger partial charge on any atom is 0.412 e. The molecule has 1 aliphatic heterocycles. The molecule has 1 heterocycles. The number of allylic oxidation sites excluding steroid dienone is 1. The van der Waals surface area contributed by atoms with Crippen LogP contribution in [0.2, 0.25) is 0 Å². The predicted molar refractivity (Wildman–Crippen MR) is 279 cm³/mol. The van der Waals surface area contributed by atoms with Crippen molar-refractivity contribution in [1.29, 1.82) is 0 Å². The van der Waals surface area contributed by atoms with Crippen molar-refractivity contribution in [2.24, 2.45) is 22.9 Å². The largest absolute Gasteiger partial charge is 0.460 e. The number of unbranched alkanes of at least 4 members (excludes halogenated alkanes) is 11. The molecule has 12 nitrogen and oxygen atoms in total. The van der Waals surface area contributed by atoms with Crippen molar-refractivity contribution in [2.45, 2.75) is 145 Å². The Kier molecular flexibility index (Phi) is 20.2. The van der Waals surface area contributed by atoms with Gasteiger partial charge in [0, 0.05) is 54.7 Å². The zero-order valence-electron chi connectivity index (χ0n) is 40.9. The minimum Gasteiger partial charge on any atom is -0.460 e. The topological polar surface area (TPSA) is 162 Å². The number of thioether (sulfide) groups is 1. The SMILES string of the molecule is C=CCOC12Oc3ccc(OC(=O)NCCCCCCCCCCCC)cc3C3C(CCCCO)C(CCCCO)C=C(C(=NOCc4ccc([N+](=O)[O-])cc4)CC1Sc1ccc4ccccc4c1)C32. The predicted octanol–water partition coefficient (Wildman–Crippen LogP) is 13.4. The number of fused-ring (bicyclic) bond motifs is 3. The summed E-state index contributed by atoms with van der Waals surface area (Å²) in [7, 11) is 0. The third-order valence-electron chi connectivity index (χ3n) is 14.2. The van der Waals surface area contributed by atoms with Gasteiger partial charge in [-0.15, -0.1) is 18.3 Å². The third kappa shape index (κ3) is 13.6. The Hall–Kier alpha value is -5.21. The van der Waals surface area contributed by atoms with Crippen molar-refractivity contribution < 1.29 is 39.0 Å². The van der Waals surface area contributed by atoms with Gasteiger partial charge in [0.15, 0.2) is 0 Å². The Morgan fingerprint density at radius 3 is 2.31 bits per heavy atom. The second kappa shape index (κ2) is 26.8. The van der Waals surface area contributed by atoms with Crippen LogP contribution in [0.25, 0.3) is 10.8 Å². The number of aliphatic hydroxyl groups is 2. The molecule has 0 bridgehead atoms. The summed E-state index contributed by atoms with van der Waals surface area (Å²) in [5.74, 6) is -0.631. The van der Waals surface area contributed by atoms with E-state index in [0.717, 1.165) is 83.0 Å². The number of carbonyl (C=O) groups excluding carboxylic acids is 1. The fourth-order valence-corrected chi connectivity index (χ4v) is 12.1. The number of nitrogens with zero attached hydrogens (tertiary/aromatic N) is 2. The zero-order chi connectivity index (χ0) is 49.1. The molecule has 70 heavy (non-hydrogen) atoms. The maximum absolute atomic E-state index is 13.4. The third-order valence-corrected chi connectivity index (χ3v) is 15.5. The van der Waals surface area contributed by atoms with E-state index in [2.05, 4.69) is 55.2 Å². The molecule has 3 N–H and O–H groups in total. The first kappa shape index (κ1) is 52.6. The summed E-state index contributed by atoms with van der Waals surface area (Å²) in [4.78, 5) is 31.6. The molecule has 6 atom stereocenters. The van der Waals surface area contributed by atoms with Crippen LogP contribution in [0, 0.1) is 27.9 Å². The van der Waals surface area contributed by atoms with E-state index in [0.29, 0.717) is 37.3 Å². The summed E-state index contributed by atoms with van der Waals surface area (Å²) in [6.07, 6.45) is 20.7. The number of nitro groups is 1. The molecule has 376 valence electrons. The monoisotopic (exact) mass is 976 g/mol. The number of nitrogens with one attached hydrogen (secondary N) is 1. The average molecular weight is 976 g/mol. The lowest BCUT2D eigenvalue weighted by molar-refractivity contribution is -0.384. The second-order valence-electron chi connectivity index (χ2n) is 19.1. The lowest BCUT2D eigenvalue weighted by Gasteiger charge is -2.58. The average Bonchev–Trinajstić information content (AvgIpc) is 3.37. The number of carbonyl (C=O) groups is 1. The number of ether oxygens (including phenoxy) is 3. The van der Waals surface area contributed by atoms with Crippen LogP contribution in [0.3, 0.4) is 0 Å². The Labute approximate surface area is 418 Å². The van der Waals surface area contributed by atoms with E-state index < -0.39 is 22.7 Å². The van der Waals surface area contributed by atoms with Gasteiger partial charge in [0.2, 0.25) is 5.79 Å². The number of hydrogen-bond acceptors (Lipinski definition) is 11. The van der Waals surface area contributed by atoms with Gasteiger partial charge in [0.05, 0.1) is 28.4 Å². The van der Waals surface area contributed by atoms with Crippen molar-refractivity contribution in [3.63, 3.8) is 0 Å². The minimum absolute atomic E-state index is 0.00191. The molecule has 0 aromatic heterocycles. The van der Waals surface area contributed by atoms with Gasteiger partial charge in [-0.25, -0.2) is 4.79 Å². The summed E-state index contributed by atoms with van der Waals surface area (Å²) >= 11 is 1.69. The first-order valence-corrected chi connectivity index (χ1v) is 26.7. The summed E-state index contributed by atoms with van der Waals surface area (Å²) in [5.41, 5.74) is 3.39. The Morgan fingerprint density at radius 1 is 0.886 bits per heavy atom. The maximum atomic E-state index is 13.4. The highest BCUT2D eigenvalue weighted by molar-refractivity contribution is 8.00. The summed E-state index contributed by atoms with van der Waals surface area (Å²) < 4.78 is 20.6. The molecule has 1 fully saturated rings. The molecule has 1 saturated carbocycles. The lowest BCUT2D eigenvalue weighted by Crippen LogP contribution is -2.64. The number of oxime groups is 1. The number of non-ortho nitro benzene ring substituents is 1. The quantitative estimate of drug-likeness (QED) is 0.0207. The summed E-state index contributed by atoms with van der Waals surface area (Å²) in [6, 6.07) is 26.7. The van der Waals surface area contributed by atoms with Gasteiger partial charge in [-0.05, 0) is 108 Å². The molecule has 3 aliphatic rings. The van der Waals surface area contributed by atoms with E-state index >= 15 is 0 Å². The van der Waals surface area contributed by atoms with Crippen LogP contribution in [-0.4, -0.2) is 64.3 Å². The molecule has 4 aromatic rings. The van der Waals surface area contributed by atoms with Gasteiger partial charge in [-0.1, -0.05) is 125 Å². The molecule has 6 unspecified atom stereocenters. The molecule has 7 rings (SSSR count). The van der Waals surface area contributed by atoms with Gasteiger partial charge in [0.1, 0.15) is 18.1 Å². The number of amides is 1. The van der Waals surface area contributed by atoms with Crippen molar-refractivity contribution in [3.8, 4) is 11.5 Å². The van der Waals surface area contributed by atoms with Crippen molar-refractivity contribution in [3.05, 3.63) is 130 Å². The fraction of sp³-hybridized carbons (Fsp3) is 0.509. The molecule has 0 radical (unpaired) electrons. The van der Waals surface area contributed by atoms with Gasteiger partial charge < -0.3 is 34.6 Å². The van der Waals surface area contributed by atoms with E-state index in [1.54, 1.807) is 36.0 Å². The standard InChI is InChI=1S/C57H73N3O9S/c1-3-5-6-7-8-9-10-11-12-17-32-58-56(63)68-46-29-31-52-50(38-46)54-48(23-16-19-34-62)44(22-15-18-33-61)37-49-51(59-67-40-41-24-27-45(28-25-41)60(64)65)39-53(57(69-52,55(49)54)66-35-4-2)70-47-30-26-42-20-13-14-21-43(42)36-47/h4,13-14,20-21,24-31,36-38,44,48,53-55,61-62H,2-3,5-12,15-19,22-23,32-35,39-40H2,1H3,(H,58,63). The Balaban J connectivity index is 1.24. The highest BCUT2D eigenvalue weighted by Gasteiger charge is 2.64. The van der Waals surface area contributed by atoms with Gasteiger partial charge in [-0.3, -0.25) is 10.1 Å². The van der Waals surface area contributed by atoms with Crippen LogP contribution in [0.5, 0.6) is 11.5 Å². The number of nitro benzene ring substituents is 1. The zero-order valence-corrected chi connectivity index (χ0v) is 41.8. The first-order chi connectivity index (χ1) is 34.3. The number of benzene rings is 4. The van der Waals surface area contributed by atoms with Gasteiger partial charge in [0.25, 0.3) is 5.69 Å². The molecular formula is C57H73N3O9S. The van der Waals surface area contributed by atoms with Crippen LogP contribution in [0.1, 0.15) is 133 Å². The molecule has 0 saturated heterocycles. The number of aliphatic hydroxyl groups excluding tert-OH is 2. The molecule has 13 heteroatoms. The van der Waals surface area contributed by atoms with E-state index in [1.807, 2.05) is 24.3 Å². The molecule has 1 amide bonds. The first-order valence-electron chi connectivity index (χ1n) is 25.8. The summed E-state index contributed by atoms with van der Waals surface area (Å²) in [5, 5.41) is 41.2. The Morgan fingerprint density at radius 2 is 1.60 bits per heavy atom. The van der Waals surface area contributed by atoms with Gasteiger partial charge >= 0.3 is 6.09 Å². The highest BCUT2D eigenvalue weighted by Crippen LogP contribution is 2.63. The van der Waals surface area contributed by atoms with Crippen molar-refractivity contribution in [1.82, 2.24) is 5.32 Å². The fourth-order valence-electron chi connectivity index (χ4n) is 10.7. The highest BCUT2D eigenvalue weighted by atomic mass is 32.2. The molecule has 2 aliphatic carbocycles. The minimum atomic E-state index is -1.22. The Bertz CT molecular complexity index is 2390. The summed E-state index contributed by atoms with van der Waals surface area (Å²) in [6.45, 7) is 7.36. The van der Waals surface area contributed by atoms with Crippen LogP contribution in [0.15, 0.2) is 119 Å². The molecular weight excluding hydrogens is 903 g/mol. The van der Waals surface area contributed by atoms with Crippen molar-refractivity contribution in [2.75, 3.05) is 26.4 Å². The molecule has 4 aromatic carbocycles. The van der Waals surface area contributed by atoms with E-state index in [1.165, 1.54) is 57.1 Å². The van der Waals surface area contributed by atoms with Crippen molar-refractivity contribution >= 4 is 40.0 Å². The second-order valence-corrected chi connectivity index (χ2v) is 20.3. The number of rotatable bonds is 29. The number of hydrogen-bond donors (Lipinski definition) is 3. The lowest BCUT2D eigenvalue weighted by atomic mass is 9.56. The normalized spacial score (nSPS) is 21.8. The van der Waals surface area contributed by atoms with Crippen LogP contribution >= 0.6 is 11.8 Å². The van der Waals surface area contributed by atoms with Crippen LogP contribution < -0.4 is 14.8 Å². The van der Waals surface area contributed by atoms with Gasteiger partial charge in [-0.2, -0.15) is 0 Å².